The van der Waals surface area contributed by atoms with E-state index in [0.29, 0.717) is 40.3 Å². The molecule has 0 spiro atoms. The van der Waals surface area contributed by atoms with Crippen molar-refractivity contribution < 1.29 is 14.2 Å². The van der Waals surface area contributed by atoms with Crippen LogP contribution in [-0.2, 0) is 6.54 Å². The number of phenolic OH excluding ortho intramolecular Hbond substituents is 1. The lowest BCUT2D eigenvalue weighted by molar-refractivity contribution is 0.365. The Balaban J connectivity index is 1.66. The van der Waals surface area contributed by atoms with Gasteiger partial charge in [-0.2, -0.15) is 15.0 Å². The van der Waals surface area contributed by atoms with E-state index in [-0.39, 0.29) is 23.9 Å². The third kappa shape index (κ3) is 4.76. The van der Waals surface area contributed by atoms with Crippen LogP contribution in [-0.4, -0.2) is 52.3 Å². The Hall–Kier alpha value is -3.64. The highest BCUT2D eigenvalue weighted by Crippen LogP contribution is 2.30. The Morgan fingerprint density at radius 1 is 1.30 bits per heavy atom. The number of anilines is 2. The summed E-state index contributed by atoms with van der Waals surface area (Å²) in [5, 5.41) is 18.1. The molecular formula is C24H27FN6O2. The number of nitrogens with zero attached hydrogens (tertiary/aromatic N) is 4. The number of rotatable bonds is 6. The van der Waals surface area contributed by atoms with Crippen molar-refractivity contribution in [3.05, 3.63) is 41.2 Å². The predicted molar refractivity (Wildman–Crippen MR) is 126 cm³/mol. The second kappa shape index (κ2) is 9.46. The van der Waals surface area contributed by atoms with E-state index in [1.807, 2.05) is 0 Å². The van der Waals surface area contributed by atoms with Gasteiger partial charge in [0.05, 0.1) is 12.7 Å². The molecule has 0 bridgehead atoms. The van der Waals surface area contributed by atoms with Crippen LogP contribution in [0, 0.1) is 18.2 Å². The van der Waals surface area contributed by atoms with Crippen molar-refractivity contribution in [2.24, 2.45) is 0 Å². The molecule has 1 aliphatic heterocycles. The van der Waals surface area contributed by atoms with Crippen molar-refractivity contribution in [1.29, 1.82) is 0 Å². The number of piperazine rings is 1. The van der Waals surface area contributed by atoms with E-state index in [1.165, 1.54) is 13.2 Å². The van der Waals surface area contributed by atoms with Gasteiger partial charge in [0.15, 0.2) is 0 Å². The number of halogens is 1. The fraction of sp³-hybridized carbons (Fsp3) is 0.375. The Morgan fingerprint density at radius 3 is 2.85 bits per heavy atom. The molecule has 172 valence electrons. The molecule has 33 heavy (non-hydrogen) atoms. The third-order valence-electron chi connectivity index (χ3n) is 5.73. The largest absolute Gasteiger partial charge is 0.508 e. The average molecular weight is 451 g/mol. The van der Waals surface area contributed by atoms with Crippen molar-refractivity contribution in [1.82, 2.24) is 20.3 Å². The van der Waals surface area contributed by atoms with E-state index in [2.05, 4.69) is 50.3 Å². The van der Waals surface area contributed by atoms with Crippen LogP contribution in [0.2, 0.25) is 0 Å². The standard InChI is InChI=1S/C24H27FN6O2/c1-5-17-13-31(12-14(3)27-17)23-28-22(29-24(30-23)33-4)26-11-16-10-18(32)9-15-7-8-20(25)19(6-2)21(15)16/h2,7-10,14,17,27,32H,5,11-13H2,1,3-4H3,(H,26,28,29,30). The number of fused-ring (bicyclic) bond motifs is 1. The predicted octanol–water partition coefficient (Wildman–Crippen LogP) is 3.05. The van der Waals surface area contributed by atoms with Gasteiger partial charge < -0.3 is 25.4 Å². The van der Waals surface area contributed by atoms with Crippen LogP contribution in [0.1, 0.15) is 31.4 Å². The normalized spacial score (nSPS) is 18.2. The maximum absolute atomic E-state index is 14.3. The van der Waals surface area contributed by atoms with Crippen molar-refractivity contribution in [3.8, 4) is 24.1 Å². The molecule has 1 aliphatic rings. The Kier molecular flexibility index (Phi) is 6.47. The van der Waals surface area contributed by atoms with Crippen LogP contribution >= 0.6 is 0 Å². The molecule has 1 saturated heterocycles. The van der Waals surface area contributed by atoms with Crippen LogP contribution in [0.5, 0.6) is 11.8 Å². The van der Waals surface area contributed by atoms with Gasteiger partial charge in [0.2, 0.25) is 11.9 Å². The number of hydrogen-bond acceptors (Lipinski definition) is 8. The number of aromatic nitrogens is 3. The number of benzene rings is 2. The summed E-state index contributed by atoms with van der Waals surface area (Å²) in [6.07, 6.45) is 6.56. The first-order chi connectivity index (χ1) is 15.9. The van der Waals surface area contributed by atoms with Gasteiger partial charge in [-0.3, -0.25) is 0 Å². The SMILES string of the molecule is C#Cc1c(F)ccc2cc(O)cc(CNc3nc(OC)nc(N4CC(C)NC(CC)C4)n3)c12. The molecule has 8 nitrogen and oxygen atoms in total. The van der Waals surface area contributed by atoms with Gasteiger partial charge in [0.1, 0.15) is 11.6 Å². The lowest BCUT2D eigenvalue weighted by atomic mass is 9.98. The summed E-state index contributed by atoms with van der Waals surface area (Å²) in [4.78, 5) is 15.4. The number of terminal acetylenes is 1. The second-order valence-corrected chi connectivity index (χ2v) is 8.15. The van der Waals surface area contributed by atoms with Gasteiger partial charge >= 0.3 is 6.01 Å². The molecular weight excluding hydrogens is 423 g/mol. The van der Waals surface area contributed by atoms with Crippen LogP contribution in [0.4, 0.5) is 16.3 Å². The molecule has 4 rings (SSSR count). The number of ether oxygens (including phenoxy) is 1. The van der Waals surface area contributed by atoms with Gasteiger partial charge in [-0.1, -0.05) is 18.9 Å². The third-order valence-corrected chi connectivity index (χ3v) is 5.73. The number of methoxy groups -OCH3 is 1. The first-order valence-electron chi connectivity index (χ1n) is 10.9. The van der Waals surface area contributed by atoms with Crippen molar-refractivity contribution in [3.63, 3.8) is 0 Å². The minimum absolute atomic E-state index is 0.0585. The zero-order chi connectivity index (χ0) is 23.5. The molecule has 2 atom stereocenters. The van der Waals surface area contributed by atoms with E-state index >= 15 is 0 Å². The quantitative estimate of drug-likeness (QED) is 0.494. The number of phenols is 1. The summed E-state index contributed by atoms with van der Waals surface area (Å²) in [5.41, 5.74) is 0.777. The minimum atomic E-state index is -0.487. The monoisotopic (exact) mass is 450 g/mol. The van der Waals surface area contributed by atoms with Crippen LogP contribution in [0.25, 0.3) is 10.8 Å². The van der Waals surface area contributed by atoms with E-state index < -0.39 is 5.82 Å². The molecule has 0 radical (unpaired) electrons. The highest BCUT2D eigenvalue weighted by Gasteiger charge is 2.25. The van der Waals surface area contributed by atoms with Gasteiger partial charge in [-0.15, -0.1) is 6.42 Å². The Bertz CT molecular complexity index is 1210. The van der Waals surface area contributed by atoms with E-state index in [4.69, 9.17) is 11.2 Å². The minimum Gasteiger partial charge on any atom is -0.508 e. The average Bonchev–Trinajstić information content (AvgIpc) is 2.82. The highest BCUT2D eigenvalue weighted by atomic mass is 19.1. The molecule has 1 fully saturated rings. The molecule has 2 heterocycles. The smallest absolute Gasteiger partial charge is 0.322 e. The van der Waals surface area contributed by atoms with E-state index in [9.17, 15) is 9.50 Å². The van der Waals surface area contributed by atoms with Crippen molar-refractivity contribution in [2.45, 2.75) is 38.9 Å². The first kappa shape index (κ1) is 22.6. The number of aromatic hydroxyl groups is 1. The summed E-state index contributed by atoms with van der Waals surface area (Å²) in [7, 11) is 1.50. The van der Waals surface area contributed by atoms with Crippen LogP contribution < -0.4 is 20.3 Å². The molecule has 3 N–H and O–H groups in total. The van der Waals surface area contributed by atoms with Gasteiger partial charge in [0, 0.05) is 37.1 Å². The zero-order valence-electron chi connectivity index (χ0n) is 18.9. The maximum Gasteiger partial charge on any atom is 0.322 e. The number of nitrogens with one attached hydrogen (secondary N) is 2. The lowest BCUT2D eigenvalue weighted by Gasteiger charge is -2.37. The fourth-order valence-electron chi connectivity index (χ4n) is 4.21. The zero-order valence-corrected chi connectivity index (χ0v) is 18.9. The topological polar surface area (TPSA) is 95.4 Å². The summed E-state index contributed by atoms with van der Waals surface area (Å²) in [6.45, 7) is 6.01. The second-order valence-electron chi connectivity index (χ2n) is 8.15. The van der Waals surface area contributed by atoms with Crippen LogP contribution in [0.15, 0.2) is 24.3 Å². The molecule has 0 saturated carbocycles. The lowest BCUT2D eigenvalue weighted by Crippen LogP contribution is -2.55. The molecule has 1 aromatic heterocycles. The molecule has 0 amide bonds. The summed E-state index contributed by atoms with van der Waals surface area (Å²) in [5.74, 6) is 2.83. The van der Waals surface area contributed by atoms with Crippen molar-refractivity contribution >= 4 is 22.7 Å². The van der Waals surface area contributed by atoms with Gasteiger partial charge in [0.25, 0.3) is 0 Å². The van der Waals surface area contributed by atoms with Crippen LogP contribution in [0.3, 0.4) is 0 Å². The summed E-state index contributed by atoms with van der Waals surface area (Å²) >= 11 is 0. The van der Waals surface area contributed by atoms with Gasteiger partial charge in [-0.25, -0.2) is 4.39 Å². The molecule has 0 aliphatic carbocycles. The summed E-state index contributed by atoms with van der Waals surface area (Å²) < 4.78 is 19.6. The molecule has 9 heteroatoms. The van der Waals surface area contributed by atoms with Crippen molar-refractivity contribution in [2.75, 3.05) is 30.4 Å². The maximum atomic E-state index is 14.3. The molecule has 2 unspecified atom stereocenters. The Labute approximate surface area is 192 Å². The molecule has 3 aromatic rings. The van der Waals surface area contributed by atoms with E-state index in [1.54, 1.807) is 18.2 Å². The first-order valence-corrected chi connectivity index (χ1v) is 10.9. The summed E-state index contributed by atoms with van der Waals surface area (Å²) in [6, 6.07) is 6.82. The fourth-order valence-corrected chi connectivity index (χ4v) is 4.21. The number of hydrogen-bond donors (Lipinski definition) is 3. The Morgan fingerprint density at radius 2 is 2.12 bits per heavy atom. The molecule has 2 aromatic carbocycles. The highest BCUT2D eigenvalue weighted by molar-refractivity contribution is 5.92. The van der Waals surface area contributed by atoms with Gasteiger partial charge in [-0.05, 0) is 42.5 Å². The van der Waals surface area contributed by atoms with E-state index in [0.717, 1.165) is 19.5 Å².